The Bertz CT molecular complexity index is 1100. The van der Waals surface area contributed by atoms with E-state index in [9.17, 15) is 9.59 Å². The largest absolute Gasteiger partial charge is 0.494 e. The highest BCUT2D eigenvalue weighted by Crippen LogP contribution is 2.33. The zero-order chi connectivity index (χ0) is 21.1. The minimum absolute atomic E-state index is 0.0215. The van der Waals surface area contributed by atoms with Gasteiger partial charge in [0.25, 0.3) is 5.56 Å². The topological polar surface area (TPSA) is 73.2 Å². The van der Waals surface area contributed by atoms with Crippen molar-refractivity contribution in [2.24, 2.45) is 0 Å². The van der Waals surface area contributed by atoms with Crippen LogP contribution in [-0.4, -0.2) is 22.1 Å². The first-order chi connectivity index (χ1) is 14.6. The monoisotopic (exact) mass is 425 g/mol. The molecule has 1 aromatic carbocycles. The molecule has 158 valence electrons. The van der Waals surface area contributed by atoms with E-state index in [-0.39, 0.29) is 23.9 Å². The van der Waals surface area contributed by atoms with Gasteiger partial charge in [0.2, 0.25) is 5.91 Å². The van der Waals surface area contributed by atoms with Gasteiger partial charge in [-0.3, -0.25) is 14.2 Å². The molecule has 0 radical (unpaired) electrons. The SMILES string of the molecule is CCOc1ccc([C@H](C)NC(=O)CCn2cnc3sc4c(c3c2=O)CCCC4)cc1. The Kier molecular flexibility index (Phi) is 6.18. The molecule has 1 amide bonds. The first-order valence-electron chi connectivity index (χ1n) is 10.6. The maximum Gasteiger partial charge on any atom is 0.262 e. The van der Waals surface area contributed by atoms with Crippen LogP contribution in [0, 0.1) is 0 Å². The van der Waals surface area contributed by atoms with Gasteiger partial charge < -0.3 is 10.1 Å². The van der Waals surface area contributed by atoms with E-state index < -0.39 is 0 Å². The van der Waals surface area contributed by atoms with Crippen LogP contribution in [0.15, 0.2) is 35.4 Å². The summed E-state index contributed by atoms with van der Waals surface area (Å²) < 4.78 is 7.03. The van der Waals surface area contributed by atoms with Gasteiger partial charge in [-0.15, -0.1) is 11.3 Å². The summed E-state index contributed by atoms with van der Waals surface area (Å²) in [4.78, 5) is 32.1. The first-order valence-corrected chi connectivity index (χ1v) is 11.4. The molecule has 30 heavy (non-hydrogen) atoms. The molecule has 1 aliphatic carbocycles. The summed E-state index contributed by atoms with van der Waals surface area (Å²) in [7, 11) is 0. The number of hydrogen-bond acceptors (Lipinski definition) is 5. The Balaban J connectivity index is 1.40. The molecule has 3 aromatic rings. The lowest BCUT2D eigenvalue weighted by Crippen LogP contribution is -2.29. The van der Waals surface area contributed by atoms with Crippen LogP contribution in [0.1, 0.15) is 55.2 Å². The van der Waals surface area contributed by atoms with Gasteiger partial charge in [0.05, 0.1) is 24.4 Å². The molecule has 1 aliphatic rings. The van der Waals surface area contributed by atoms with E-state index in [0.29, 0.717) is 13.2 Å². The van der Waals surface area contributed by atoms with Crippen LogP contribution in [0.4, 0.5) is 0 Å². The van der Waals surface area contributed by atoms with Crippen LogP contribution in [-0.2, 0) is 24.2 Å². The number of fused-ring (bicyclic) bond motifs is 3. The van der Waals surface area contributed by atoms with Crippen molar-refractivity contribution in [1.29, 1.82) is 0 Å². The Morgan fingerprint density at radius 3 is 2.80 bits per heavy atom. The standard InChI is InChI=1S/C23H27N3O3S/c1-3-29-17-10-8-16(9-11-17)15(2)25-20(27)12-13-26-14-24-22-21(23(26)28)18-6-4-5-7-19(18)30-22/h8-11,14-15H,3-7,12-13H2,1-2H3,(H,25,27)/t15-/m0/s1. The van der Waals surface area contributed by atoms with Crippen molar-refractivity contribution in [2.45, 2.75) is 58.5 Å². The average molecular weight is 426 g/mol. The van der Waals surface area contributed by atoms with Gasteiger partial charge in [-0.25, -0.2) is 4.98 Å². The molecule has 0 unspecified atom stereocenters. The molecule has 0 saturated heterocycles. The van der Waals surface area contributed by atoms with Crippen molar-refractivity contribution >= 4 is 27.5 Å². The number of nitrogens with zero attached hydrogens (tertiary/aromatic N) is 2. The Hall–Kier alpha value is -2.67. The zero-order valence-corrected chi connectivity index (χ0v) is 18.3. The zero-order valence-electron chi connectivity index (χ0n) is 17.4. The highest BCUT2D eigenvalue weighted by molar-refractivity contribution is 7.18. The fraction of sp³-hybridized carbons (Fsp3) is 0.435. The van der Waals surface area contributed by atoms with Gasteiger partial charge in [0.1, 0.15) is 10.6 Å². The van der Waals surface area contributed by atoms with E-state index in [2.05, 4.69) is 10.3 Å². The second kappa shape index (κ2) is 9.00. The smallest absolute Gasteiger partial charge is 0.262 e. The molecule has 6 nitrogen and oxygen atoms in total. The van der Waals surface area contributed by atoms with E-state index in [1.165, 1.54) is 16.9 Å². The molecule has 1 N–H and O–H groups in total. The Labute approximate surface area is 179 Å². The van der Waals surface area contributed by atoms with E-state index in [1.807, 2.05) is 38.1 Å². The van der Waals surface area contributed by atoms with Crippen LogP contribution in [0.5, 0.6) is 5.75 Å². The van der Waals surface area contributed by atoms with E-state index in [4.69, 9.17) is 4.74 Å². The molecule has 4 rings (SSSR count). The van der Waals surface area contributed by atoms with E-state index in [1.54, 1.807) is 22.2 Å². The number of carbonyl (C=O) groups excluding carboxylic acids is 1. The summed E-state index contributed by atoms with van der Waals surface area (Å²) in [5.41, 5.74) is 2.17. The number of aryl methyl sites for hydroxylation is 3. The lowest BCUT2D eigenvalue weighted by Gasteiger charge is -2.15. The van der Waals surface area contributed by atoms with E-state index >= 15 is 0 Å². The van der Waals surface area contributed by atoms with Crippen molar-refractivity contribution < 1.29 is 9.53 Å². The molecular formula is C23H27N3O3S. The predicted molar refractivity (Wildman–Crippen MR) is 119 cm³/mol. The van der Waals surface area contributed by atoms with Gasteiger partial charge in [0.15, 0.2) is 0 Å². The normalized spacial score (nSPS) is 14.3. The molecule has 0 spiro atoms. The summed E-state index contributed by atoms with van der Waals surface area (Å²) in [5, 5.41) is 3.77. The molecule has 0 bridgehead atoms. The van der Waals surface area contributed by atoms with Gasteiger partial charge in [-0.1, -0.05) is 12.1 Å². The van der Waals surface area contributed by atoms with Crippen LogP contribution < -0.4 is 15.6 Å². The molecule has 2 aromatic heterocycles. The number of thiophene rings is 1. The van der Waals surface area contributed by atoms with Crippen molar-refractivity contribution in [3.05, 3.63) is 57.0 Å². The second-order valence-corrected chi connectivity index (χ2v) is 8.76. The summed E-state index contributed by atoms with van der Waals surface area (Å²) in [5.74, 6) is 0.730. The number of ether oxygens (including phenoxy) is 1. The molecule has 0 aliphatic heterocycles. The molecule has 1 atom stereocenters. The van der Waals surface area contributed by atoms with Crippen molar-refractivity contribution in [1.82, 2.24) is 14.9 Å². The summed E-state index contributed by atoms with van der Waals surface area (Å²) >= 11 is 1.64. The van der Waals surface area contributed by atoms with Crippen LogP contribution >= 0.6 is 11.3 Å². The number of carbonyl (C=O) groups is 1. The fourth-order valence-corrected chi connectivity index (χ4v) is 5.20. The molecule has 0 saturated carbocycles. The minimum atomic E-state index is -0.116. The molecule has 7 heteroatoms. The summed E-state index contributed by atoms with van der Waals surface area (Å²) in [6, 6.07) is 7.61. The van der Waals surface area contributed by atoms with Gasteiger partial charge in [0, 0.05) is 17.8 Å². The Morgan fingerprint density at radius 2 is 2.03 bits per heavy atom. The molecular weight excluding hydrogens is 398 g/mol. The highest BCUT2D eigenvalue weighted by atomic mass is 32.1. The van der Waals surface area contributed by atoms with Gasteiger partial charge in [-0.05, 0) is 62.8 Å². The van der Waals surface area contributed by atoms with Gasteiger partial charge >= 0.3 is 0 Å². The lowest BCUT2D eigenvalue weighted by molar-refractivity contribution is -0.121. The minimum Gasteiger partial charge on any atom is -0.494 e. The predicted octanol–water partition coefficient (Wildman–Crippen LogP) is 4.00. The number of benzene rings is 1. The van der Waals surface area contributed by atoms with Crippen LogP contribution in [0.25, 0.3) is 10.2 Å². The fourth-order valence-electron chi connectivity index (χ4n) is 3.98. The van der Waals surface area contributed by atoms with Crippen molar-refractivity contribution in [2.75, 3.05) is 6.61 Å². The second-order valence-electron chi connectivity index (χ2n) is 7.68. The number of amides is 1. The quantitative estimate of drug-likeness (QED) is 0.621. The highest BCUT2D eigenvalue weighted by Gasteiger charge is 2.20. The maximum atomic E-state index is 13.0. The number of hydrogen-bond donors (Lipinski definition) is 1. The number of aromatic nitrogens is 2. The summed E-state index contributed by atoms with van der Waals surface area (Å²) in [6.45, 7) is 4.85. The number of nitrogens with one attached hydrogen (secondary N) is 1. The summed E-state index contributed by atoms with van der Waals surface area (Å²) in [6.07, 6.45) is 6.12. The third-order valence-corrected chi connectivity index (χ3v) is 6.79. The molecule has 0 fully saturated rings. The van der Waals surface area contributed by atoms with Crippen LogP contribution in [0.3, 0.4) is 0 Å². The lowest BCUT2D eigenvalue weighted by atomic mass is 9.97. The molecule has 2 heterocycles. The van der Waals surface area contributed by atoms with Crippen molar-refractivity contribution in [3.8, 4) is 5.75 Å². The van der Waals surface area contributed by atoms with Crippen molar-refractivity contribution in [3.63, 3.8) is 0 Å². The first kappa shape index (κ1) is 20.6. The average Bonchev–Trinajstić information content (AvgIpc) is 3.13. The van der Waals surface area contributed by atoms with Gasteiger partial charge in [-0.2, -0.15) is 0 Å². The maximum absolute atomic E-state index is 13.0. The number of rotatable bonds is 7. The van der Waals surface area contributed by atoms with Crippen LogP contribution in [0.2, 0.25) is 0 Å². The van der Waals surface area contributed by atoms with E-state index in [0.717, 1.165) is 40.8 Å². The third-order valence-electron chi connectivity index (χ3n) is 5.59. The Morgan fingerprint density at radius 1 is 1.27 bits per heavy atom. The third kappa shape index (κ3) is 4.26.